The van der Waals surface area contributed by atoms with E-state index in [4.69, 9.17) is 10.6 Å². The van der Waals surface area contributed by atoms with Crippen LogP contribution in [0.15, 0.2) is 18.2 Å². The summed E-state index contributed by atoms with van der Waals surface area (Å²) in [6.07, 6.45) is -4.62. The first-order chi connectivity index (χ1) is 9.43. The van der Waals surface area contributed by atoms with Gasteiger partial charge in [-0.3, -0.25) is 10.2 Å². The first-order valence-electron chi connectivity index (χ1n) is 5.98. The van der Waals surface area contributed by atoms with E-state index in [1.807, 2.05) is 0 Å². The maximum atomic E-state index is 13.0. The van der Waals surface area contributed by atoms with Crippen molar-refractivity contribution in [2.75, 3.05) is 31.2 Å². The van der Waals surface area contributed by atoms with Crippen molar-refractivity contribution in [1.82, 2.24) is 5.43 Å². The van der Waals surface area contributed by atoms with Crippen LogP contribution in [0.25, 0.3) is 0 Å². The van der Waals surface area contributed by atoms with Crippen LogP contribution in [0.2, 0.25) is 0 Å². The van der Waals surface area contributed by atoms with Crippen molar-refractivity contribution in [3.05, 3.63) is 29.3 Å². The number of nitrogens with zero attached hydrogens (tertiary/aromatic N) is 1. The van der Waals surface area contributed by atoms with Gasteiger partial charge < -0.3 is 9.64 Å². The quantitative estimate of drug-likeness (QED) is 0.487. The zero-order chi connectivity index (χ0) is 14.8. The molecule has 3 N–H and O–H groups in total. The van der Waals surface area contributed by atoms with E-state index in [0.717, 1.165) is 12.1 Å². The lowest BCUT2D eigenvalue weighted by Gasteiger charge is -2.29. The minimum Gasteiger partial charge on any atom is -0.378 e. The molecule has 1 aliphatic heterocycles. The number of anilines is 1. The summed E-state index contributed by atoms with van der Waals surface area (Å²) in [5.41, 5.74) is 0.647. The number of halogens is 3. The van der Waals surface area contributed by atoms with Gasteiger partial charge in [0.25, 0.3) is 5.91 Å². The van der Waals surface area contributed by atoms with Crippen molar-refractivity contribution in [2.45, 2.75) is 6.18 Å². The molecule has 2 rings (SSSR count). The molecular formula is C12H14F3N3O2. The van der Waals surface area contributed by atoms with E-state index in [-0.39, 0.29) is 0 Å². The summed E-state index contributed by atoms with van der Waals surface area (Å²) in [5, 5.41) is 0. The van der Waals surface area contributed by atoms with Crippen LogP contribution >= 0.6 is 0 Å². The number of nitrogens with two attached hydrogens (primary N) is 1. The molecule has 1 saturated heterocycles. The number of nitrogen functional groups attached to an aromatic ring is 1. The second kappa shape index (κ2) is 5.68. The van der Waals surface area contributed by atoms with Crippen LogP contribution in [0.1, 0.15) is 15.9 Å². The topological polar surface area (TPSA) is 67.6 Å². The second-order valence-corrected chi connectivity index (χ2v) is 4.30. The molecule has 1 aromatic rings. The fraction of sp³-hybridized carbons (Fsp3) is 0.417. The first-order valence-corrected chi connectivity index (χ1v) is 5.98. The number of amides is 1. The Morgan fingerprint density at radius 2 is 1.95 bits per heavy atom. The van der Waals surface area contributed by atoms with Gasteiger partial charge in [0, 0.05) is 18.8 Å². The normalized spacial score (nSPS) is 16.1. The number of benzene rings is 1. The Morgan fingerprint density at radius 3 is 2.50 bits per heavy atom. The van der Waals surface area contributed by atoms with Gasteiger partial charge in [-0.15, -0.1) is 0 Å². The van der Waals surface area contributed by atoms with Gasteiger partial charge >= 0.3 is 6.18 Å². The van der Waals surface area contributed by atoms with Crippen molar-refractivity contribution in [1.29, 1.82) is 0 Å². The van der Waals surface area contributed by atoms with Crippen molar-refractivity contribution in [2.24, 2.45) is 5.84 Å². The number of carbonyl (C=O) groups excluding carboxylic acids is 1. The molecule has 0 unspecified atom stereocenters. The lowest BCUT2D eigenvalue weighted by atomic mass is 10.0. The number of carbonyl (C=O) groups is 1. The summed E-state index contributed by atoms with van der Waals surface area (Å²) in [6.45, 7) is 1.96. The second-order valence-electron chi connectivity index (χ2n) is 4.30. The van der Waals surface area contributed by atoms with Gasteiger partial charge in [0.2, 0.25) is 0 Å². The molecule has 0 aliphatic carbocycles. The number of alkyl halides is 3. The minimum atomic E-state index is -4.62. The molecule has 1 aromatic carbocycles. The SMILES string of the molecule is NNC(=O)c1ccc(N2CCOCC2)cc1C(F)(F)F. The third-order valence-corrected chi connectivity index (χ3v) is 3.06. The van der Waals surface area contributed by atoms with Crippen LogP contribution in [0.3, 0.4) is 0 Å². The zero-order valence-corrected chi connectivity index (χ0v) is 10.5. The predicted molar refractivity (Wildman–Crippen MR) is 66.1 cm³/mol. The molecule has 0 aromatic heterocycles. The standard InChI is InChI=1S/C12H14F3N3O2/c13-12(14,15)10-7-8(18-3-5-20-6-4-18)1-2-9(10)11(19)17-16/h1-2,7H,3-6,16H2,(H,17,19). The number of nitrogens with one attached hydrogen (secondary N) is 1. The number of ether oxygens (including phenoxy) is 1. The number of hydrazine groups is 1. The lowest BCUT2D eigenvalue weighted by Crippen LogP contribution is -2.36. The van der Waals surface area contributed by atoms with Crippen LogP contribution in [0, 0.1) is 0 Å². The first kappa shape index (κ1) is 14.6. The molecule has 0 spiro atoms. The predicted octanol–water partition coefficient (Wildman–Crippen LogP) is 1.15. The lowest BCUT2D eigenvalue weighted by molar-refractivity contribution is -0.137. The average Bonchev–Trinajstić information content (AvgIpc) is 2.46. The summed E-state index contributed by atoms with van der Waals surface area (Å²) >= 11 is 0. The highest BCUT2D eigenvalue weighted by atomic mass is 19.4. The largest absolute Gasteiger partial charge is 0.417 e. The fourth-order valence-corrected chi connectivity index (χ4v) is 2.06. The molecular weight excluding hydrogens is 275 g/mol. The van der Waals surface area contributed by atoms with E-state index in [0.29, 0.717) is 32.0 Å². The fourth-order valence-electron chi connectivity index (χ4n) is 2.06. The van der Waals surface area contributed by atoms with Crippen molar-refractivity contribution in [3.63, 3.8) is 0 Å². The van der Waals surface area contributed by atoms with E-state index >= 15 is 0 Å². The van der Waals surface area contributed by atoms with E-state index in [1.54, 1.807) is 10.3 Å². The maximum absolute atomic E-state index is 13.0. The van der Waals surface area contributed by atoms with E-state index in [9.17, 15) is 18.0 Å². The third kappa shape index (κ3) is 3.02. The van der Waals surface area contributed by atoms with Gasteiger partial charge in [0.1, 0.15) is 0 Å². The van der Waals surface area contributed by atoms with E-state index < -0.39 is 23.2 Å². The molecule has 0 saturated carbocycles. The molecule has 1 amide bonds. The number of rotatable bonds is 2. The van der Waals surface area contributed by atoms with Gasteiger partial charge in [-0.1, -0.05) is 0 Å². The number of morpholine rings is 1. The number of hydrogen-bond acceptors (Lipinski definition) is 4. The molecule has 20 heavy (non-hydrogen) atoms. The Balaban J connectivity index is 2.40. The Hall–Kier alpha value is -1.80. The monoisotopic (exact) mass is 289 g/mol. The highest BCUT2D eigenvalue weighted by Gasteiger charge is 2.35. The Labute approximate surface area is 113 Å². The summed E-state index contributed by atoms with van der Waals surface area (Å²) in [7, 11) is 0. The highest BCUT2D eigenvalue weighted by molar-refractivity contribution is 5.96. The number of hydrogen-bond donors (Lipinski definition) is 2. The van der Waals surface area contributed by atoms with Crippen LogP contribution in [-0.2, 0) is 10.9 Å². The van der Waals surface area contributed by atoms with Crippen LogP contribution in [0.4, 0.5) is 18.9 Å². The zero-order valence-electron chi connectivity index (χ0n) is 10.5. The van der Waals surface area contributed by atoms with Gasteiger partial charge in [-0.2, -0.15) is 13.2 Å². The van der Waals surface area contributed by atoms with Gasteiger partial charge in [0.15, 0.2) is 0 Å². The smallest absolute Gasteiger partial charge is 0.378 e. The molecule has 8 heteroatoms. The van der Waals surface area contributed by atoms with Gasteiger partial charge in [-0.25, -0.2) is 5.84 Å². The van der Waals surface area contributed by atoms with Gasteiger partial charge in [0.05, 0.1) is 24.3 Å². The molecule has 0 atom stereocenters. The van der Waals surface area contributed by atoms with Crippen molar-refractivity contribution >= 4 is 11.6 Å². The summed E-state index contributed by atoms with van der Waals surface area (Å²) < 4.78 is 44.2. The Morgan fingerprint density at radius 1 is 1.30 bits per heavy atom. The van der Waals surface area contributed by atoms with E-state index in [1.165, 1.54) is 6.07 Å². The molecule has 5 nitrogen and oxygen atoms in total. The van der Waals surface area contributed by atoms with Crippen molar-refractivity contribution in [3.8, 4) is 0 Å². The van der Waals surface area contributed by atoms with Crippen LogP contribution in [-0.4, -0.2) is 32.2 Å². The molecule has 110 valence electrons. The Bertz CT molecular complexity index is 499. The molecule has 1 heterocycles. The van der Waals surface area contributed by atoms with Crippen LogP contribution < -0.4 is 16.2 Å². The molecule has 0 radical (unpaired) electrons. The molecule has 1 fully saturated rings. The average molecular weight is 289 g/mol. The van der Waals surface area contributed by atoms with Crippen LogP contribution in [0.5, 0.6) is 0 Å². The summed E-state index contributed by atoms with van der Waals surface area (Å²) in [6, 6.07) is 3.58. The molecule has 0 bridgehead atoms. The highest BCUT2D eigenvalue weighted by Crippen LogP contribution is 2.34. The minimum absolute atomic E-state index is 0.411. The molecule has 1 aliphatic rings. The maximum Gasteiger partial charge on any atom is 0.417 e. The van der Waals surface area contributed by atoms with E-state index in [2.05, 4.69) is 0 Å². The third-order valence-electron chi connectivity index (χ3n) is 3.06. The summed E-state index contributed by atoms with van der Waals surface area (Å²) in [4.78, 5) is 13.2. The van der Waals surface area contributed by atoms with Crippen molar-refractivity contribution < 1.29 is 22.7 Å². The summed E-state index contributed by atoms with van der Waals surface area (Å²) in [5.74, 6) is 3.94. The van der Waals surface area contributed by atoms with Gasteiger partial charge in [-0.05, 0) is 18.2 Å². The Kier molecular flexibility index (Phi) is 4.15.